The molecule has 5 nitrogen and oxygen atoms in total. The first-order valence-electron chi connectivity index (χ1n) is 7.80. The van der Waals surface area contributed by atoms with Crippen molar-refractivity contribution in [3.05, 3.63) is 30.0 Å². The van der Waals surface area contributed by atoms with Crippen molar-refractivity contribution in [2.75, 3.05) is 6.61 Å². The molecule has 6 heteroatoms. The summed E-state index contributed by atoms with van der Waals surface area (Å²) in [6, 6.07) is 7.36. The highest BCUT2D eigenvalue weighted by molar-refractivity contribution is 6.64. The molecule has 0 amide bonds. The minimum atomic E-state index is -0.537. The second-order valence-corrected chi connectivity index (χ2v) is 6.68. The second-order valence-electron chi connectivity index (χ2n) is 6.68. The van der Waals surface area contributed by atoms with Gasteiger partial charge in [-0.3, -0.25) is 0 Å². The fraction of sp³-hybridized carbons (Fsp3) is 0.471. The standard InChI is InChI=1S/C17H21BO5/c1-6-20-15(19)13-10-11-8-7-9-12(14(11)21-13)18-22-16(2,3)17(4,5)23-18/h7-10H,6H2,1-5H3. The number of fused-ring (bicyclic) bond motifs is 1. The van der Waals surface area contributed by atoms with E-state index in [-0.39, 0.29) is 5.76 Å². The zero-order valence-electron chi connectivity index (χ0n) is 14.1. The molecule has 1 aliphatic heterocycles. The van der Waals surface area contributed by atoms with Crippen molar-refractivity contribution in [1.82, 2.24) is 0 Å². The van der Waals surface area contributed by atoms with Crippen LogP contribution in [0, 0.1) is 0 Å². The van der Waals surface area contributed by atoms with Crippen LogP contribution < -0.4 is 5.46 Å². The number of para-hydroxylation sites is 1. The number of furan rings is 1. The fourth-order valence-electron chi connectivity index (χ4n) is 2.54. The zero-order valence-corrected chi connectivity index (χ0v) is 14.1. The van der Waals surface area contributed by atoms with Crippen LogP contribution >= 0.6 is 0 Å². The highest BCUT2D eigenvalue weighted by Crippen LogP contribution is 2.37. The van der Waals surface area contributed by atoms with Crippen LogP contribution in [-0.2, 0) is 14.0 Å². The number of rotatable bonds is 3. The third-order valence-corrected chi connectivity index (χ3v) is 4.56. The molecular formula is C17H21BO5. The molecule has 1 saturated heterocycles. The lowest BCUT2D eigenvalue weighted by molar-refractivity contribution is 0.00578. The largest absolute Gasteiger partial charge is 0.498 e. The maximum Gasteiger partial charge on any atom is 0.498 e. The van der Waals surface area contributed by atoms with Gasteiger partial charge in [0, 0.05) is 10.8 Å². The summed E-state index contributed by atoms with van der Waals surface area (Å²) >= 11 is 0. The number of ether oxygens (including phenoxy) is 1. The van der Waals surface area contributed by atoms with Crippen molar-refractivity contribution in [2.24, 2.45) is 0 Å². The van der Waals surface area contributed by atoms with E-state index in [1.54, 1.807) is 13.0 Å². The molecule has 0 N–H and O–H groups in total. The molecule has 1 fully saturated rings. The van der Waals surface area contributed by atoms with E-state index >= 15 is 0 Å². The Morgan fingerprint density at radius 1 is 1.17 bits per heavy atom. The number of benzene rings is 1. The first-order chi connectivity index (χ1) is 10.7. The number of hydrogen-bond donors (Lipinski definition) is 0. The summed E-state index contributed by atoms with van der Waals surface area (Å²) in [6.45, 7) is 10.1. The van der Waals surface area contributed by atoms with E-state index in [0.29, 0.717) is 12.2 Å². The normalized spacial score (nSPS) is 19.3. The maximum atomic E-state index is 11.9. The number of esters is 1. The summed E-state index contributed by atoms with van der Waals surface area (Å²) in [6.07, 6.45) is 0. The Morgan fingerprint density at radius 2 is 1.83 bits per heavy atom. The third kappa shape index (κ3) is 2.66. The summed E-state index contributed by atoms with van der Waals surface area (Å²) in [5, 5.41) is 0.820. The molecule has 1 aromatic heterocycles. The molecule has 1 aliphatic rings. The molecule has 2 aromatic rings. The van der Waals surface area contributed by atoms with Gasteiger partial charge in [-0.2, -0.15) is 0 Å². The lowest BCUT2D eigenvalue weighted by Crippen LogP contribution is -2.41. The van der Waals surface area contributed by atoms with E-state index in [0.717, 1.165) is 10.8 Å². The Balaban J connectivity index is 2.01. The van der Waals surface area contributed by atoms with Crippen molar-refractivity contribution in [1.29, 1.82) is 0 Å². The summed E-state index contributed by atoms with van der Waals surface area (Å²) in [4.78, 5) is 11.9. The number of carbonyl (C=O) groups is 1. The highest BCUT2D eigenvalue weighted by Gasteiger charge is 2.52. The summed E-state index contributed by atoms with van der Waals surface area (Å²) < 4.78 is 22.9. The van der Waals surface area contributed by atoms with Gasteiger partial charge < -0.3 is 18.5 Å². The molecule has 2 heterocycles. The average Bonchev–Trinajstić information content (AvgIpc) is 2.98. The van der Waals surface area contributed by atoms with Crippen LogP contribution in [0.25, 0.3) is 11.0 Å². The molecule has 0 bridgehead atoms. The quantitative estimate of drug-likeness (QED) is 0.644. The highest BCUT2D eigenvalue weighted by atomic mass is 16.7. The van der Waals surface area contributed by atoms with Crippen LogP contribution in [0.15, 0.2) is 28.7 Å². The summed E-state index contributed by atoms with van der Waals surface area (Å²) in [5.41, 5.74) is 0.498. The van der Waals surface area contributed by atoms with Gasteiger partial charge in [-0.05, 0) is 40.7 Å². The Hall–Kier alpha value is -1.79. The summed E-state index contributed by atoms with van der Waals surface area (Å²) in [7, 11) is -0.537. The first-order valence-corrected chi connectivity index (χ1v) is 7.80. The van der Waals surface area contributed by atoms with Gasteiger partial charge in [0.05, 0.1) is 17.8 Å². The molecule has 0 spiro atoms. The number of carbonyl (C=O) groups excluding carboxylic acids is 1. The Bertz CT molecular complexity index is 731. The molecule has 122 valence electrons. The molecule has 0 unspecified atom stereocenters. The lowest BCUT2D eigenvalue weighted by Gasteiger charge is -2.32. The van der Waals surface area contributed by atoms with E-state index < -0.39 is 24.3 Å². The van der Waals surface area contributed by atoms with Crippen LogP contribution in [0.2, 0.25) is 0 Å². The fourth-order valence-corrected chi connectivity index (χ4v) is 2.54. The SMILES string of the molecule is CCOC(=O)c1cc2cccc(B3OC(C)(C)C(C)(C)O3)c2o1. The van der Waals surface area contributed by atoms with Gasteiger partial charge in [0.1, 0.15) is 5.58 Å². The zero-order chi connectivity index (χ0) is 16.8. The van der Waals surface area contributed by atoms with Crippen molar-refractivity contribution in [2.45, 2.75) is 45.8 Å². The monoisotopic (exact) mass is 316 g/mol. The smallest absolute Gasteiger partial charge is 0.460 e. The van der Waals surface area contributed by atoms with Gasteiger partial charge >= 0.3 is 13.1 Å². The van der Waals surface area contributed by atoms with Crippen molar-refractivity contribution >= 4 is 29.5 Å². The van der Waals surface area contributed by atoms with E-state index in [1.165, 1.54) is 0 Å². The van der Waals surface area contributed by atoms with Crippen molar-refractivity contribution in [3.8, 4) is 0 Å². The summed E-state index contributed by atoms with van der Waals surface area (Å²) in [5.74, 6) is -0.283. The minimum absolute atomic E-state index is 0.186. The van der Waals surface area contributed by atoms with Crippen LogP contribution in [-0.4, -0.2) is 30.9 Å². The van der Waals surface area contributed by atoms with Crippen molar-refractivity contribution in [3.63, 3.8) is 0 Å². The molecule has 0 aliphatic carbocycles. The van der Waals surface area contributed by atoms with Gasteiger partial charge in [-0.25, -0.2) is 4.79 Å². The van der Waals surface area contributed by atoms with Gasteiger partial charge in [-0.15, -0.1) is 0 Å². The van der Waals surface area contributed by atoms with E-state index in [2.05, 4.69) is 0 Å². The predicted octanol–water partition coefficient (Wildman–Crippen LogP) is 2.91. The number of hydrogen-bond acceptors (Lipinski definition) is 5. The van der Waals surface area contributed by atoms with Crippen LogP contribution in [0.1, 0.15) is 45.2 Å². The topological polar surface area (TPSA) is 57.9 Å². The maximum absolute atomic E-state index is 11.9. The second kappa shape index (κ2) is 5.39. The van der Waals surface area contributed by atoms with Crippen LogP contribution in [0.3, 0.4) is 0 Å². The molecule has 3 rings (SSSR count). The Morgan fingerprint density at radius 3 is 2.43 bits per heavy atom. The molecule has 23 heavy (non-hydrogen) atoms. The van der Waals surface area contributed by atoms with E-state index in [1.807, 2.05) is 45.9 Å². The molecule has 0 atom stereocenters. The van der Waals surface area contributed by atoms with E-state index in [4.69, 9.17) is 18.5 Å². The average molecular weight is 316 g/mol. The van der Waals surface area contributed by atoms with Crippen molar-refractivity contribution < 1.29 is 23.3 Å². The Kier molecular flexibility index (Phi) is 3.77. The first kappa shape index (κ1) is 16.1. The molecular weight excluding hydrogens is 295 g/mol. The molecule has 1 aromatic carbocycles. The van der Waals surface area contributed by atoms with Gasteiger partial charge in [0.25, 0.3) is 0 Å². The van der Waals surface area contributed by atoms with E-state index in [9.17, 15) is 4.79 Å². The van der Waals surface area contributed by atoms with Gasteiger partial charge in [0.2, 0.25) is 5.76 Å². The third-order valence-electron chi connectivity index (χ3n) is 4.56. The molecule has 0 saturated carbocycles. The van der Waals surface area contributed by atoms with Crippen LogP contribution in [0.4, 0.5) is 0 Å². The predicted molar refractivity (Wildman–Crippen MR) is 87.9 cm³/mol. The molecule has 0 radical (unpaired) electrons. The Labute approximate surface area is 136 Å². The van der Waals surface area contributed by atoms with Gasteiger partial charge in [-0.1, -0.05) is 18.2 Å². The minimum Gasteiger partial charge on any atom is -0.460 e. The van der Waals surface area contributed by atoms with Crippen LogP contribution in [0.5, 0.6) is 0 Å². The lowest BCUT2D eigenvalue weighted by atomic mass is 9.78. The van der Waals surface area contributed by atoms with Gasteiger partial charge in [0.15, 0.2) is 0 Å².